The Morgan fingerprint density at radius 3 is 2.56 bits per heavy atom. The summed E-state index contributed by atoms with van der Waals surface area (Å²) in [6, 6.07) is 2.12. The summed E-state index contributed by atoms with van der Waals surface area (Å²) in [6.07, 6.45) is -1.97. The van der Waals surface area contributed by atoms with Gasteiger partial charge in [0.1, 0.15) is 11.3 Å². The van der Waals surface area contributed by atoms with Crippen molar-refractivity contribution in [2.24, 2.45) is 0 Å². The molecule has 1 atom stereocenters. The van der Waals surface area contributed by atoms with Crippen LogP contribution in [0.1, 0.15) is 22.0 Å². The predicted octanol–water partition coefficient (Wildman–Crippen LogP) is 0.534. The Morgan fingerprint density at radius 2 is 2.17 bits per heavy atom. The number of ether oxygens (including phenoxy) is 1. The second kappa shape index (κ2) is 5.23. The molecular formula is C10H9NO7. The number of carbonyl (C=O) groups is 2. The van der Waals surface area contributed by atoms with Crippen molar-refractivity contribution in [1.82, 2.24) is 0 Å². The molecule has 0 saturated heterocycles. The van der Waals surface area contributed by atoms with E-state index < -0.39 is 33.8 Å². The van der Waals surface area contributed by atoms with Gasteiger partial charge in [0.15, 0.2) is 12.4 Å². The number of carboxylic acids is 1. The van der Waals surface area contributed by atoms with Gasteiger partial charge in [0, 0.05) is 6.07 Å². The molecule has 0 aromatic heterocycles. The van der Waals surface area contributed by atoms with Crippen molar-refractivity contribution < 1.29 is 29.5 Å². The monoisotopic (exact) mass is 255 g/mol. The summed E-state index contributed by atoms with van der Waals surface area (Å²) >= 11 is 0. The number of hydrogen-bond acceptors (Lipinski definition) is 6. The summed E-state index contributed by atoms with van der Waals surface area (Å²) in [6.45, 7) is 0. The van der Waals surface area contributed by atoms with Gasteiger partial charge in [-0.25, -0.2) is 4.79 Å². The minimum absolute atomic E-state index is 0.113. The molecule has 2 N–H and O–H groups in total. The molecule has 18 heavy (non-hydrogen) atoms. The molecule has 0 amide bonds. The van der Waals surface area contributed by atoms with Crippen LogP contribution in [0.25, 0.3) is 0 Å². The molecule has 0 aliphatic heterocycles. The SMILES string of the molecule is COc1ccc([N+](=O)[O-])c(C=O)c1C(O)C(=O)O. The molecule has 0 fully saturated rings. The Labute approximate surface area is 101 Å². The van der Waals surface area contributed by atoms with Crippen molar-refractivity contribution in [1.29, 1.82) is 0 Å². The molecule has 1 unspecified atom stereocenters. The fraction of sp³-hybridized carbons (Fsp3) is 0.200. The average Bonchev–Trinajstić information content (AvgIpc) is 2.35. The van der Waals surface area contributed by atoms with Crippen LogP contribution in [-0.4, -0.2) is 34.5 Å². The minimum Gasteiger partial charge on any atom is -0.496 e. The lowest BCUT2D eigenvalue weighted by Crippen LogP contribution is -2.15. The van der Waals surface area contributed by atoms with Crippen LogP contribution in [0.2, 0.25) is 0 Å². The third kappa shape index (κ3) is 2.28. The molecule has 0 spiro atoms. The highest BCUT2D eigenvalue weighted by Gasteiger charge is 2.29. The van der Waals surface area contributed by atoms with Crippen LogP contribution < -0.4 is 4.74 Å². The largest absolute Gasteiger partial charge is 0.496 e. The third-order valence-electron chi connectivity index (χ3n) is 2.27. The fourth-order valence-electron chi connectivity index (χ4n) is 1.47. The van der Waals surface area contributed by atoms with Crippen molar-refractivity contribution in [3.05, 3.63) is 33.4 Å². The maximum atomic E-state index is 10.9. The van der Waals surface area contributed by atoms with Crippen LogP contribution in [0.5, 0.6) is 5.75 Å². The normalized spacial score (nSPS) is 11.7. The molecule has 0 heterocycles. The second-order valence-electron chi connectivity index (χ2n) is 3.23. The maximum Gasteiger partial charge on any atom is 0.337 e. The van der Waals surface area contributed by atoms with Crippen LogP contribution in [0, 0.1) is 10.1 Å². The van der Waals surface area contributed by atoms with Gasteiger partial charge < -0.3 is 14.9 Å². The zero-order chi connectivity index (χ0) is 13.9. The zero-order valence-corrected chi connectivity index (χ0v) is 9.19. The van der Waals surface area contributed by atoms with E-state index >= 15 is 0 Å². The molecule has 8 heteroatoms. The standard InChI is InChI=1S/C10H9NO7/c1-18-7-3-2-6(11(16)17)5(4-12)8(7)9(13)10(14)15/h2-4,9,13H,1H3,(H,14,15). The van der Waals surface area contributed by atoms with Gasteiger partial charge in [0.2, 0.25) is 0 Å². The van der Waals surface area contributed by atoms with Crippen molar-refractivity contribution >= 4 is 17.9 Å². The van der Waals surface area contributed by atoms with Gasteiger partial charge in [-0.05, 0) is 6.07 Å². The highest BCUT2D eigenvalue weighted by atomic mass is 16.6. The third-order valence-corrected chi connectivity index (χ3v) is 2.27. The van der Waals surface area contributed by atoms with E-state index in [0.717, 1.165) is 12.1 Å². The summed E-state index contributed by atoms with van der Waals surface area (Å²) in [4.78, 5) is 31.5. The number of aliphatic hydroxyl groups excluding tert-OH is 1. The van der Waals surface area contributed by atoms with E-state index in [2.05, 4.69) is 0 Å². The Kier molecular flexibility index (Phi) is 3.95. The van der Waals surface area contributed by atoms with E-state index in [1.807, 2.05) is 0 Å². The smallest absolute Gasteiger partial charge is 0.337 e. The van der Waals surface area contributed by atoms with Gasteiger partial charge in [0.05, 0.1) is 17.6 Å². The number of nitrogens with zero attached hydrogens (tertiary/aromatic N) is 1. The van der Waals surface area contributed by atoms with Crippen LogP contribution in [0.15, 0.2) is 12.1 Å². The van der Waals surface area contributed by atoms with Gasteiger partial charge >= 0.3 is 5.97 Å². The molecule has 1 aromatic carbocycles. The van der Waals surface area contributed by atoms with Gasteiger partial charge in [-0.1, -0.05) is 0 Å². The van der Waals surface area contributed by atoms with Crippen molar-refractivity contribution in [2.75, 3.05) is 7.11 Å². The number of nitro benzene ring substituents is 1. The Bertz CT molecular complexity index is 511. The van der Waals surface area contributed by atoms with Crippen LogP contribution >= 0.6 is 0 Å². The number of benzene rings is 1. The zero-order valence-electron chi connectivity index (χ0n) is 9.19. The summed E-state index contributed by atoms with van der Waals surface area (Å²) in [5.74, 6) is -1.76. The highest BCUT2D eigenvalue weighted by molar-refractivity contribution is 5.89. The Balaban J connectivity index is 3.61. The van der Waals surface area contributed by atoms with Crippen molar-refractivity contribution in [3.63, 3.8) is 0 Å². The summed E-state index contributed by atoms with van der Waals surface area (Å²) in [5, 5.41) is 28.9. The minimum atomic E-state index is -2.08. The van der Waals surface area contributed by atoms with Crippen LogP contribution in [0.4, 0.5) is 5.69 Å². The summed E-state index contributed by atoms with van der Waals surface area (Å²) < 4.78 is 4.79. The molecule has 0 radical (unpaired) electrons. The lowest BCUT2D eigenvalue weighted by molar-refractivity contribution is -0.385. The Hall–Kier alpha value is -2.48. The molecular weight excluding hydrogens is 246 g/mol. The van der Waals surface area contributed by atoms with Crippen molar-refractivity contribution in [3.8, 4) is 5.75 Å². The topological polar surface area (TPSA) is 127 Å². The van der Waals surface area contributed by atoms with Gasteiger partial charge in [-0.3, -0.25) is 14.9 Å². The van der Waals surface area contributed by atoms with E-state index in [1.54, 1.807) is 0 Å². The van der Waals surface area contributed by atoms with Gasteiger partial charge in [-0.2, -0.15) is 0 Å². The Morgan fingerprint density at radius 1 is 1.56 bits per heavy atom. The number of aliphatic carboxylic acids is 1. The number of aldehydes is 1. The van der Waals surface area contributed by atoms with E-state index in [1.165, 1.54) is 7.11 Å². The predicted molar refractivity (Wildman–Crippen MR) is 57.6 cm³/mol. The number of rotatable bonds is 5. The van der Waals surface area contributed by atoms with E-state index in [0.29, 0.717) is 0 Å². The van der Waals surface area contributed by atoms with E-state index in [-0.39, 0.29) is 12.0 Å². The number of carboxylic acid groups (broad SMARTS) is 1. The number of nitro groups is 1. The fourth-order valence-corrected chi connectivity index (χ4v) is 1.47. The first-order valence-electron chi connectivity index (χ1n) is 4.65. The number of aliphatic hydroxyl groups is 1. The maximum absolute atomic E-state index is 10.9. The van der Waals surface area contributed by atoms with Crippen molar-refractivity contribution in [2.45, 2.75) is 6.10 Å². The molecule has 8 nitrogen and oxygen atoms in total. The lowest BCUT2D eigenvalue weighted by atomic mass is 10.00. The second-order valence-corrected chi connectivity index (χ2v) is 3.23. The lowest BCUT2D eigenvalue weighted by Gasteiger charge is -2.13. The molecule has 1 aromatic rings. The molecule has 0 aliphatic carbocycles. The summed E-state index contributed by atoms with van der Waals surface area (Å²) in [7, 11) is 1.19. The van der Waals surface area contributed by atoms with E-state index in [4.69, 9.17) is 9.84 Å². The highest BCUT2D eigenvalue weighted by Crippen LogP contribution is 2.33. The van der Waals surface area contributed by atoms with Gasteiger partial charge in [0.25, 0.3) is 5.69 Å². The number of carbonyl (C=O) groups excluding carboxylic acids is 1. The van der Waals surface area contributed by atoms with Gasteiger partial charge in [-0.15, -0.1) is 0 Å². The molecule has 0 aliphatic rings. The first-order valence-corrected chi connectivity index (χ1v) is 4.65. The first-order chi connectivity index (χ1) is 8.43. The molecule has 96 valence electrons. The quantitative estimate of drug-likeness (QED) is 0.446. The average molecular weight is 255 g/mol. The number of hydrogen-bond donors (Lipinski definition) is 2. The van der Waals surface area contributed by atoms with Crippen LogP contribution in [0.3, 0.4) is 0 Å². The summed E-state index contributed by atoms with van der Waals surface area (Å²) in [5.41, 5.74) is -1.55. The van der Waals surface area contributed by atoms with E-state index in [9.17, 15) is 24.8 Å². The molecule has 0 bridgehead atoms. The first kappa shape index (κ1) is 13.6. The number of methoxy groups -OCH3 is 1. The van der Waals surface area contributed by atoms with Crippen LogP contribution in [-0.2, 0) is 4.79 Å². The molecule has 0 saturated carbocycles. The molecule has 1 rings (SSSR count).